The Hall–Kier alpha value is -3.98. The smallest absolute Gasteiger partial charge is 0.341 e. The number of ether oxygens (including phenoxy) is 2. The van der Waals surface area contributed by atoms with Crippen LogP contribution in [0.3, 0.4) is 0 Å². The predicted octanol–water partition coefficient (Wildman–Crippen LogP) is 6.72. The third kappa shape index (κ3) is 5.91. The molecule has 2 aromatic heterocycles. The highest BCUT2D eigenvalue weighted by molar-refractivity contribution is 7.17. The van der Waals surface area contributed by atoms with Crippen LogP contribution in [0.25, 0.3) is 22.4 Å². The van der Waals surface area contributed by atoms with Crippen molar-refractivity contribution in [2.45, 2.75) is 60.0 Å². The normalized spacial score (nSPS) is 15.7. The zero-order valence-electron chi connectivity index (χ0n) is 24.2. The van der Waals surface area contributed by atoms with Gasteiger partial charge in [-0.15, -0.1) is 11.3 Å². The fraction of sp³-hybridized carbons (Fsp3) is 0.375. The van der Waals surface area contributed by atoms with Crippen LogP contribution in [0.5, 0.6) is 0 Å². The molecule has 214 valence electrons. The number of thiophene rings is 1. The molecule has 1 amide bonds. The number of imidazole rings is 1. The van der Waals surface area contributed by atoms with Crippen LogP contribution in [0.1, 0.15) is 70.8 Å². The third-order valence-electron chi connectivity index (χ3n) is 7.81. The number of benzene rings is 2. The summed E-state index contributed by atoms with van der Waals surface area (Å²) >= 11 is 1.40. The molecule has 0 saturated heterocycles. The van der Waals surface area contributed by atoms with Crippen LogP contribution in [0, 0.1) is 18.3 Å². The topological polar surface area (TPSA) is 110 Å². The monoisotopic (exact) mass is 573 g/mol. The van der Waals surface area contributed by atoms with Crippen molar-refractivity contribution >= 4 is 45.2 Å². The Bertz CT molecular complexity index is 1630. The molecule has 0 aliphatic heterocycles. The molecule has 1 aliphatic carbocycles. The van der Waals surface area contributed by atoms with Crippen molar-refractivity contribution in [2.75, 3.05) is 12.4 Å². The molecule has 41 heavy (non-hydrogen) atoms. The Morgan fingerprint density at radius 3 is 2.51 bits per heavy atom. The fourth-order valence-corrected chi connectivity index (χ4v) is 6.53. The number of esters is 2. The molecular formula is C32H35N3O5S. The summed E-state index contributed by atoms with van der Waals surface area (Å²) in [5.41, 5.74) is 5.29. The standard InChI is InChI=1S/C32H35N3O5S/c1-17-7-9-19(10-8-17)27-33-23-14-11-20(15-24(23)34-27)30(37)40-18(2)28(36)35-29-26(31(38)39-6)22-13-12-21(32(3,4)5)16-25(22)41-29/h7-11,14-15,18,21H,12-13,16H2,1-6H3,(H,33,34)(H,35,36). The van der Waals surface area contributed by atoms with Gasteiger partial charge >= 0.3 is 11.9 Å². The maximum absolute atomic E-state index is 13.1. The van der Waals surface area contributed by atoms with Gasteiger partial charge in [-0.25, -0.2) is 14.6 Å². The quantitative estimate of drug-likeness (QED) is 0.248. The number of anilines is 1. The fourth-order valence-electron chi connectivity index (χ4n) is 5.21. The van der Waals surface area contributed by atoms with Crippen molar-refractivity contribution in [3.63, 3.8) is 0 Å². The lowest BCUT2D eigenvalue weighted by atomic mass is 9.72. The summed E-state index contributed by atoms with van der Waals surface area (Å²) in [5.74, 6) is -0.448. The van der Waals surface area contributed by atoms with Crippen molar-refractivity contribution in [3.8, 4) is 11.4 Å². The number of hydrogen-bond acceptors (Lipinski definition) is 7. The lowest BCUT2D eigenvalue weighted by molar-refractivity contribution is -0.123. The number of carbonyl (C=O) groups excluding carboxylic acids is 3. The first-order chi connectivity index (χ1) is 19.4. The Kier molecular flexibility index (Phi) is 7.74. The molecule has 0 radical (unpaired) electrons. The van der Waals surface area contributed by atoms with E-state index >= 15 is 0 Å². The Balaban J connectivity index is 1.30. The lowest BCUT2D eigenvalue weighted by Crippen LogP contribution is -2.30. The molecule has 4 aromatic rings. The number of nitrogens with one attached hydrogen (secondary N) is 2. The van der Waals surface area contributed by atoms with E-state index in [1.54, 1.807) is 18.2 Å². The summed E-state index contributed by atoms with van der Waals surface area (Å²) in [6, 6.07) is 13.0. The molecule has 2 N–H and O–H groups in total. The maximum atomic E-state index is 13.1. The van der Waals surface area contributed by atoms with Crippen molar-refractivity contribution < 1.29 is 23.9 Å². The highest BCUT2D eigenvalue weighted by Crippen LogP contribution is 2.44. The molecule has 2 unspecified atom stereocenters. The van der Waals surface area contributed by atoms with Crippen LogP contribution in [0.2, 0.25) is 0 Å². The van der Waals surface area contributed by atoms with Gasteiger partial charge in [-0.3, -0.25) is 4.79 Å². The van der Waals surface area contributed by atoms with Gasteiger partial charge in [0.15, 0.2) is 6.10 Å². The van der Waals surface area contributed by atoms with Crippen LogP contribution >= 0.6 is 11.3 Å². The Labute approximate surface area is 243 Å². The minimum Gasteiger partial charge on any atom is -0.465 e. The highest BCUT2D eigenvalue weighted by atomic mass is 32.1. The van der Waals surface area contributed by atoms with E-state index in [9.17, 15) is 14.4 Å². The van der Waals surface area contributed by atoms with E-state index in [2.05, 4.69) is 36.1 Å². The Morgan fingerprint density at radius 1 is 1.10 bits per heavy atom. The summed E-state index contributed by atoms with van der Waals surface area (Å²) in [7, 11) is 1.34. The number of H-pyrrole nitrogens is 1. The number of methoxy groups -OCH3 is 1. The van der Waals surface area contributed by atoms with Crippen molar-refractivity contribution in [1.82, 2.24) is 9.97 Å². The summed E-state index contributed by atoms with van der Waals surface area (Å²) < 4.78 is 10.6. The molecule has 1 aliphatic rings. The first-order valence-corrected chi connectivity index (χ1v) is 14.6. The minimum absolute atomic E-state index is 0.140. The summed E-state index contributed by atoms with van der Waals surface area (Å²) in [6.45, 7) is 10.2. The first-order valence-electron chi connectivity index (χ1n) is 13.8. The lowest BCUT2D eigenvalue weighted by Gasteiger charge is -2.33. The van der Waals surface area contributed by atoms with Crippen molar-refractivity contribution in [3.05, 3.63) is 69.6 Å². The molecule has 0 spiro atoms. The van der Waals surface area contributed by atoms with Gasteiger partial charge in [0.25, 0.3) is 5.91 Å². The molecule has 2 atom stereocenters. The minimum atomic E-state index is -1.09. The molecule has 2 aromatic carbocycles. The number of nitrogens with zero attached hydrogens (tertiary/aromatic N) is 1. The molecule has 0 saturated carbocycles. The van der Waals surface area contributed by atoms with Crippen molar-refractivity contribution in [2.24, 2.45) is 11.3 Å². The van der Waals surface area contributed by atoms with Gasteiger partial charge in [0.05, 0.1) is 29.3 Å². The summed E-state index contributed by atoms with van der Waals surface area (Å²) in [5, 5.41) is 3.27. The number of aryl methyl sites for hydroxylation is 1. The summed E-state index contributed by atoms with van der Waals surface area (Å²) in [6.07, 6.45) is 1.47. The molecule has 8 nitrogen and oxygen atoms in total. The van der Waals surface area contributed by atoms with Gasteiger partial charge in [-0.05, 0) is 68.2 Å². The first kappa shape index (κ1) is 28.5. The van der Waals surface area contributed by atoms with Crippen LogP contribution in [-0.4, -0.2) is 41.0 Å². The number of aromatic nitrogens is 2. The third-order valence-corrected chi connectivity index (χ3v) is 8.98. The van der Waals surface area contributed by atoms with Crippen molar-refractivity contribution in [1.29, 1.82) is 0 Å². The number of hydrogen-bond donors (Lipinski definition) is 2. The second-order valence-corrected chi connectivity index (χ2v) is 12.8. The highest BCUT2D eigenvalue weighted by Gasteiger charge is 2.35. The number of carbonyl (C=O) groups is 3. The van der Waals surface area contributed by atoms with Gasteiger partial charge in [0, 0.05) is 10.4 Å². The zero-order chi connectivity index (χ0) is 29.5. The molecular weight excluding hydrogens is 538 g/mol. The SMILES string of the molecule is COC(=O)c1c(NC(=O)C(C)OC(=O)c2ccc3nc(-c4ccc(C)cc4)[nH]c3c2)sc2c1CCC(C(C)(C)C)C2. The number of rotatable bonds is 6. The van der Waals surface area contributed by atoms with Gasteiger partial charge in [-0.1, -0.05) is 50.6 Å². The van der Waals surface area contributed by atoms with E-state index in [-0.39, 0.29) is 5.41 Å². The number of aromatic amines is 1. The largest absolute Gasteiger partial charge is 0.465 e. The average molecular weight is 574 g/mol. The van der Waals surface area contributed by atoms with E-state index in [4.69, 9.17) is 9.47 Å². The van der Waals surface area contributed by atoms with E-state index in [1.807, 2.05) is 31.2 Å². The molecule has 0 fully saturated rings. The average Bonchev–Trinajstić information content (AvgIpc) is 3.52. The van der Waals surface area contributed by atoms with E-state index in [1.165, 1.54) is 25.4 Å². The number of amides is 1. The molecule has 2 heterocycles. The van der Waals surface area contributed by atoms with Crippen LogP contribution in [0.15, 0.2) is 42.5 Å². The molecule has 5 rings (SSSR count). The summed E-state index contributed by atoms with van der Waals surface area (Å²) in [4.78, 5) is 47.8. The Morgan fingerprint density at radius 2 is 1.83 bits per heavy atom. The second-order valence-electron chi connectivity index (χ2n) is 11.7. The van der Waals surface area contributed by atoms with Crippen LogP contribution in [0.4, 0.5) is 5.00 Å². The van der Waals surface area contributed by atoms with Gasteiger partial charge in [-0.2, -0.15) is 0 Å². The van der Waals surface area contributed by atoms with E-state index < -0.39 is 23.9 Å². The van der Waals surface area contributed by atoms with Crippen LogP contribution < -0.4 is 5.32 Å². The predicted molar refractivity (Wildman–Crippen MR) is 160 cm³/mol. The van der Waals surface area contributed by atoms with Crippen LogP contribution in [-0.2, 0) is 27.1 Å². The zero-order valence-corrected chi connectivity index (χ0v) is 25.0. The molecule has 0 bridgehead atoms. The van der Waals surface area contributed by atoms with Gasteiger partial charge in [0.2, 0.25) is 0 Å². The number of fused-ring (bicyclic) bond motifs is 2. The second kappa shape index (κ2) is 11.1. The maximum Gasteiger partial charge on any atom is 0.341 e. The van der Waals surface area contributed by atoms with Gasteiger partial charge in [0.1, 0.15) is 10.8 Å². The van der Waals surface area contributed by atoms with E-state index in [0.29, 0.717) is 38.9 Å². The molecule has 9 heteroatoms. The van der Waals surface area contributed by atoms with E-state index in [0.717, 1.165) is 40.8 Å². The van der Waals surface area contributed by atoms with Gasteiger partial charge < -0.3 is 19.8 Å².